The predicted octanol–water partition coefficient (Wildman–Crippen LogP) is 1.83. The van der Waals surface area contributed by atoms with Gasteiger partial charge in [0, 0.05) is 12.6 Å². The molecule has 0 bridgehead atoms. The summed E-state index contributed by atoms with van der Waals surface area (Å²) in [4.78, 5) is 0. The van der Waals surface area contributed by atoms with Gasteiger partial charge in [0.25, 0.3) is 0 Å². The van der Waals surface area contributed by atoms with Crippen LogP contribution in [0, 0.1) is 0 Å². The third-order valence-electron chi connectivity index (χ3n) is 1.93. The predicted molar refractivity (Wildman–Crippen MR) is 70.5 cm³/mol. The Hall–Kier alpha value is -0.160. The Balaban J connectivity index is 3.04. The molecule has 0 saturated carbocycles. The lowest BCUT2D eigenvalue weighted by Gasteiger charge is -2.19. The molecule has 0 amide bonds. The van der Waals surface area contributed by atoms with E-state index in [0.717, 1.165) is 13.2 Å². The first-order valence-corrected chi connectivity index (χ1v) is 6.44. The van der Waals surface area contributed by atoms with Gasteiger partial charge in [-0.15, -0.1) is 0 Å². The van der Waals surface area contributed by atoms with Gasteiger partial charge >= 0.3 is 0 Å². The molecule has 0 rings (SSSR count). The molecule has 4 nitrogen and oxygen atoms in total. The van der Waals surface area contributed by atoms with Crippen LogP contribution in [0.15, 0.2) is 0 Å². The van der Waals surface area contributed by atoms with Gasteiger partial charge in [-0.05, 0) is 20.8 Å². The minimum Gasteiger partial charge on any atom is -0.378 e. The lowest BCUT2D eigenvalue weighted by atomic mass is 10.2. The van der Waals surface area contributed by atoms with Crippen molar-refractivity contribution in [2.45, 2.75) is 46.3 Å². The molecule has 0 fully saturated rings. The summed E-state index contributed by atoms with van der Waals surface area (Å²) in [5.74, 6) is 0. The molecule has 104 valence electrons. The molecular weight excluding hydrogens is 218 g/mol. The van der Waals surface area contributed by atoms with Gasteiger partial charge < -0.3 is 19.5 Å². The van der Waals surface area contributed by atoms with Crippen LogP contribution in [-0.2, 0) is 14.2 Å². The molecule has 0 radical (unpaired) electrons. The minimum atomic E-state index is -0.0810. The molecule has 0 aliphatic carbocycles. The van der Waals surface area contributed by atoms with Gasteiger partial charge in [-0.25, -0.2) is 0 Å². The van der Waals surface area contributed by atoms with Gasteiger partial charge in [-0.2, -0.15) is 0 Å². The molecule has 0 heterocycles. The van der Waals surface area contributed by atoms with Crippen LogP contribution in [0.2, 0.25) is 0 Å². The normalized spacial score (nSPS) is 12.4. The Morgan fingerprint density at radius 1 is 0.882 bits per heavy atom. The van der Waals surface area contributed by atoms with E-state index in [2.05, 4.69) is 19.2 Å². The fourth-order valence-electron chi connectivity index (χ4n) is 1.15. The van der Waals surface area contributed by atoms with E-state index in [1.807, 2.05) is 20.8 Å². The first-order chi connectivity index (χ1) is 7.92. The van der Waals surface area contributed by atoms with Crippen molar-refractivity contribution in [2.24, 2.45) is 0 Å². The summed E-state index contributed by atoms with van der Waals surface area (Å²) in [6.07, 6.45) is 0. The largest absolute Gasteiger partial charge is 0.378 e. The van der Waals surface area contributed by atoms with Crippen LogP contribution in [0.3, 0.4) is 0 Å². The van der Waals surface area contributed by atoms with E-state index < -0.39 is 0 Å². The SMILES string of the molecule is CC(C)NCCOCCOCCOC(C)(C)C. The zero-order valence-electron chi connectivity index (χ0n) is 12.0. The van der Waals surface area contributed by atoms with E-state index in [-0.39, 0.29) is 5.60 Å². The molecule has 0 saturated heterocycles. The highest BCUT2D eigenvalue weighted by Crippen LogP contribution is 2.05. The minimum absolute atomic E-state index is 0.0810. The molecule has 0 aromatic heterocycles. The Bertz CT molecular complexity index is 167. The van der Waals surface area contributed by atoms with Crippen LogP contribution in [0.5, 0.6) is 0 Å². The second kappa shape index (κ2) is 9.83. The number of ether oxygens (including phenoxy) is 3. The Labute approximate surface area is 106 Å². The molecule has 0 atom stereocenters. The highest BCUT2D eigenvalue weighted by Gasteiger charge is 2.08. The van der Waals surface area contributed by atoms with Crippen molar-refractivity contribution in [1.82, 2.24) is 5.32 Å². The van der Waals surface area contributed by atoms with Crippen molar-refractivity contribution in [3.05, 3.63) is 0 Å². The molecule has 0 aliphatic rings. The van der Waals surface area contributed by atoms with E-state index in [0.29, 0.717) is 32.5 Å². The quantitative estimate of drug-likeness (QED) is 0.598. The van der Waals surface area contributed by atoms with Crippen molar-refractivity contribution < 1.29 is 14.2 Å². The lowest BCUT2D eigenvalue weighted by Crippen LogP contribution is -2.27. The van der Waals surface area contributed by atoms with Crippen molar-refractivity contribution >= 4 is 0 Å². The van der Waals surface area contributed by atoms with E-state index in [1.54, 1.807) is 0 Å². The Morgan fingerprint density at radius 3 is 1.94 bits per heavy atom. The summed E-state index contributed by atoms with van der Waals surface area (Å²) < 4.78 is 16.3. The van der Waals surface area contributed by atoms with Gasteiger partial charge in [0.1, 0.15) is 0 Å². The summed E-state index contributed by atoms with van der Waals surface area (Å²) in [5, 5.41) is 3.29. The van der Waals surface area contributed by atoms with Crippen molar-refractivity contribution in [2.75, 3.05) is 39.6 Å². The van der Waals surface area contributed by atoms with Gasteiger partial charge in [0.05, 0.1) is 38.6 Å². The molecule has 0 spiro atoms. The van der Waals surface area contributed by atoms with E-state index in [1.165, 1.54) is 0 Å². The lowest BCUT2D eigenvalue weighted by molar-refractivity contribution is -0.0423. The van der Waals surface area contributed by atoms with Crippen LogP contribution in [0.4, 0.5) is 0 Å². The topological polar surface area (TPSA) is 39.7 Å². The zero-order valence-corrected chi connectivity index (χ0v) is 12.0. The summed E-state index contributed by atoms with van der Waals surface area (Å²) in [5.41, 5.74) is -0.0810. The number of hydrogen-bond acceptors (Lipinski definition) is 4. The summed E-state index contributed by atoms with van der Waals surface area (Å²) in [7, 11) is 0. The van der Waals surface area contributed by atoms with E-state index >= 15 is 0 Å². The van der Waals surface area contributed by atoms with Gasteiger partial charge in [0.15, 0.2) is 0 Å². The molecule has 0 aliphatic heterocycles. The molecule has 0 aromatic carbocycles. The monoisotopic (exact) mass is 247 g/mol. The second-order valence-electron chi connectivity index (χ2n) is 5.29. The average molecular weight is 247 g/mol. The molecule has 0 unspecified atom stereocenters. The van der Waals surface area contributed by atoms with Crippen LogP contribution in [0.1, 0.15) is 34.6 Å². The standard InChI is InChI=1S/C13H29NO3/c1-12(2)14-6-7-15-8-9-16-10-11-17-13(3,4)5/h12,14H,6-11H2,1-5H3. The number of hydrogen-bond donors (Lipinski definition) is 1. The first kappa shape index (κ1) is 16.8. The summed E-state index contributed by atoms with van der Waals surface area (Å²) in [6.45, 7) is 14.5. The fraction of sp³-hybridized carbons (Fsp3) is 1.00. The van der Waals surface area contributed by atoms with Crippen LogP contribution in [-0.4, -0.2) is 51.2 Å². The molecular formula is C13H29NO3. The first-order valence-electron chi connectivity index (χ1n) is 6.44. The van der Waals surface area contributed by atoms with E-state index in [9.17, 15) is 0 Å². The fourth-order valence-corrected chi connectivity index (χ4v) is 1.15. The highest BCUT2D eigenvalue weighted by molar-refractivity contribution is 4.57. The zero-order chi connectivity index (χ0) is 13.1. The van der Waals surface area contributed by atoms with Crippen LogP contribution >= 0.6 is 0 Å². The number of nitrogens with one attached hydrogen (secondary N) is 1. The smallest absolute Gasteiger partial charge is 0.0707 e. The summed E-state index contributed by atoms with van der Waals surface area (Å²) in [6, 6.07) is 0.518. The van der Waals surface area contributed by atoms with Crippen LogP contribution in [0.25, 0.3) is 0 Å². The van der Waals surface area contributed by atoms with Gasteiger partial charge in [0.2, 0.25) is 0 Å². The van der Waals surface area contributed by atoms with Crippen molar-refractivity contribution in [3.63, 3.8) is 0 Å². The van der Waals surface area contributed by atoms with Crippen molar-refractivity contribution in [1.29, 1.82) is 0 Å². The average Bonchev–Trinajstić information content (AvgIpc) is 2.18. The van der Waals surface area contributed by atoms with Crippen LogP contribution < -0.4 is 5.32 Å². The maximum atomic E-state index is 5.52. The molecule has 17 heavy (non-hydrogen) atoms. The molecule has 0 aromatic rings. The molecule has 1 N–H and O–H groups in total. The van der Waals surface area contributed by atoms with Gasteiger partial charge in [-0.3, -0.25) is 0 Å². The Morgan fingerprint density at radius 2 is 1.41 bits per heavy atom. The Kier molecular flexibility index (Phi) is 9.74. The molecule has 4 heteroatoms. The van der Waals surface area contributed by atoms with E-state index in [4.69, 9.17) is 14.2 Å². The van der Waals surface area contributed by atoms with Crippen molar-refractivity contribution in [3.8, 4) is 0 Å². The summed E-state index contributed by atoms with van der Waals surface area (Å²) >= 11 is 0. The third-order valence-corrected chi connectivity index (χ3v) is 1.93. The highest BCUT2D eigenvalue weighted by atomic mass is 16.5. The van der Waals surface area contributed by atoms with Gasteiger partial charge in [-0.1, -0.05) is 13.8 Å². The maximum Gasteiger partial charge on any atom is 0.0707 e. The second-order valence-corrected chi connectivity index (χ2v) is 5.29. The third kappa shape index (κ3) is 15.8. The maximum absolute atomic E-state index is 5.52. The number of rotatable bonds is 10.